The van der Waals surface area contributed by atoms with Crippen molar-refractivity contribution in [2.75, 3.05) is 0 Å². The van der Waals surface area contributed by atoms with Gasteiger partial charge in [-0.05, 0) is 51.0 Å². The molecule has 5 heteroatoms. The first-order valence-electron chi connectivity index (χ1n) is 6.46. The lowest BCUT2D eigenvalue weighted by Crippen LogP contribution is -2.27. The van der Waals surface area contributed by atoms with Crippen LogP contribution in [0.3, 0.4) is 0 Å². The average molecular weight is 309 g/mol. The highest BCUT2D eigenvalue weighted by Gasteiger charge is 2.21. The maximum absolute atomic E-state index is 12.4. The van der Waals surface area contributed by atoms with Gasteiger partial charge in [-0.3, -0.25) is 0 Å². The van der Waals surface area contributed by atoms with Gasteiger partial charge in [0.2, 0.25) is 10.0 Å². The van der Waals surface area contributed by atoms with Crippen LogP contribution in [-0.2, 0) is 10.0 Å². The van der Waals surface area contributed by atoms with E-state index in [-0.39, 0.29) is 6.04 Å². The third-order valence-electron chi connectivity index (χ3n) is 3.26. The SMILES string of the molecule is Cc1cc(C(C)NS(=O)(=O)c2ccccc2C)c(C)s1. The molecule has 1 unspecified atom stereocenters. The first kappa shape index (κ1) is 15.2. The minimum absolute atomic E-state index is 0.232. The fraction of sp³-hybridized carbons (Fsp3) is 0.333. The summed E-state index contributed by atoms with van der Waals surface area (Å²) in [4.78, 5) is 2.69. The van der Waals surface area contributed by atoms with Crippen LogP contribution in [0.15, 0.2) is 35.2 Å². The molecule has 0 aliphatic heterocycles. The first-order chi connectivity index (χ1) is 9.31. The highest BCUT2D eigenvalue weighted by Crippen LogP contribution is 2.27. The van der Waals surface area contributed by atoms with Crippen molar-refractivity contribution in [1.82, 2.24) is 4.72 Å². The predicted molar refractivity (Wildman–Crippen MR) is 83.7 cm³/mol. The van der Waals surface area contributed by atoms with Gasteiger partial charge in [-0.15, -0.1) is 11.3 Å². The minimum Gasteiger partial charge on any atom is -0.207 e. The lowest BCUT2D eigenvalue weighted by molar-refractivity contribution is 0.566. The Hall–Kier alpha value is -1.17. The van der Waals surface area contributed by atoms with Crippen LogP contribution < -0.4 is 4.72 Å². The molecule has 0 aliphatic carbocycles. The van der Waals surface area contributed by atoms with E-state index in [9.17, 15) is 8.42 Å². The number of hydrogen-bond acceptors (Lipinski definition) is 3. The molecule has 0 bridgehead atoms. The molecule has 0 spiro atoms. The van der Waals surface area contributed by atoms with Gasteiger partial charge in [0.15, 0.2) is 0 Å². The van der Waals surface area contributed by atoms with Crippen LogP contribution in [-0.4, -0.2) is 8.42 Å². The van der Waals surface area contributed by atoms with Gasteiger partial charge in [0.25, 0.3) is 0 Å². The molecular weight excluding hydrogens is 290 g/mol. The van der Waals surface area contributed by atoms with E-state index < -0.39 is 10.0 Å². The van der Waals surface area contributed by atoms with Gasteiger partial charge >= 0.3 is 0 Å². The van der Waals surface area contributed by atoms with E-state index in [1.54, 1.807) is 36.5 Å². The topological polar surface area (TPSA) is 46.2 Å². The standard InChI is InChI=1S/C15H19NO2S2/c1-10-7-5-6-8-15(10)20(17,18)16-12(3)14-9-11(2)19-13(14)4/h5-9,12,16H,1-4H3. The molecule has 20 heavy (non-hydrogen) atoms. The van der Waals surface area contributed by atoms with E-state index in [2.05, 4.69) is 4.72 Å². The van der Waals surface area contributed by atoms with Gasteiger partial charge in [-0.25, -0.2) is 13.1 Å². The number of aryl methyl sites for hydroxylation is 3. The van der Waals surface area contributed by atoms with Gasteiger partial charge in [0.1, 0.15) is 0 Å². The van der Waals surface area contributed by atoms with Crippen molar-refractivity contribution in [1.29, 1.82) is 0 Å². The van der Waals surface area contributed by atoms with Crippen molar-refractivity contribution in [3.63, 3.8) is 0 Å². The Morgan fingerprint density at radius 3 is 2.35 bits per heavy atom. The molecular formula is C15H19NO2S2. The van der Waals surface area contributed by atoms with E-state index in [1.165, 1.54) is 4.88 Å². The van der Waals surface area contributed by atoms with Crippen molar-refractivity contribution >= 4 is 21.4 Å². The average Bonchev–Trinajstić information content (AvgIpc) is 2.68. The van der Waals surface area contributed by atoms with Gasteiger partial charge in [0.05, 0.1) is 4.90 Å². The first-order valence-corrected chi connectivity index (χ1v) is 8.76. The number of nitrogens with one attached hydrogen (secondary N) is 1. The Bertz CT molecular complexity index is 717. The monoisotopic (exact) mass is 309 g/mol. The second kappa shape index (κ2) is 5.68. The number of hydrogen-bond donors (Lipinski definition) is 1. The summed E-state index contributed by atoms with van der Waals surface area (Å²) >= 11 is 1.69. The highest BCUT2D eigenvalue weighted by atomic mass is 32.2. The molecule has 0 fully saturated rings. The minimum atomic E-state index is -3.49. The van der Waals surface area contributed by atoms with Crippen LogP contribution in [0.4, 0.5) is 0 Å². The fourth-order valence-corrected chi connectivity index (χ4v) is 4.79. The smallest absolute Gasteiger partial charge is 0.207 e. The van der Waals surface area contributed by atoms with Crippen molar-refractivity contribution in [3.05, 3.63) is 51.2 Å². The summed E-state index contributed by atoms with van der Waals surface area (Å²) in [5, 5.41) is 0. The molecule has 0 saturated heterocycles. The van der Waals surface area contributed by atoms with Crippen molar-refractivity contribution in [2.24, 2.45) is 0 Å². The summed E-state index contributed by atoms with van der Waals surface area (Å²) in [6.07, 6.45) is 0. The van der Waals surface area contributed by atoms with Crippen LogP contribution in [0.25, 0.3) is 0 Å². The summed E-state index contributed by atoms with van der Waals surface area (Å²) < 4.78 is 27.7. The third-order valence-corrected chi connectivity index (χ3v) is 5.94. The summed E-state index contributed by atoms with van der Waals surface area (Å²) in [5.41, 5.74) is 1.80. The summed E-state index contributed by atoms with van der Waals surface area (Å²) in [6.45, 7) is 7.73. The normalized spacial score (nSPS) is 13.4. The van der Waals surface area contributed by atoms with Crippen molar-refractivity contribution in [2.45, 2.75) is 38.6 Å². The van der Waals surface area contributed by atoms with Crippen LogP contribution >= 0.6 is 11.3 Å². The molecule has 0 radical (unpaired) electrons. The summed E-state index contributed by atoms with van der Waals surface area (Å²) in [5.74, 6) is 0. The number of benzene rings is 1. The maximum atomic E-state index is 12.4. The lowest BCUT2D eigenvalue weighted by Gasteiger charge is -2.15. The molecule has 2 rings (SSSR count). The van der Waals surface area contributed by atoms with E-state index in [0.717, 1.165) is 16.0 Å². The molecule has 0 saturated carbocycles. The van der Waals surface area contributed by atoms with Crippen LogP contribution in [0, 0.1) is 20.8 Å². The van der Waals surface area contributed by atoms with Gasteiger partial charge in [0, 0.05) is 15.8 Å². The van der Waals surface area contributed by atoms with Gasteiger partial charge in [-0.2, -0.15) is 0 Å². The Kier molecular flexibility index (Phi) is 4.32. The molecule has 1 heterocycles. The molecule has 1 aromatic carbocycles. The Labute approximate surface area is 124 Å². The zero-order valence-corrected chi connectivity index (χ0v) is 13.7. The second-order valence-corrected chi connectivity index (χ2v) is 8.12. The van der Waals surface area contributed by atoms with E-state index >= 15 is 0 Å². The number of thiophene rings is 1. The van der Waals surface area contributed by atoms with E-state index in [0.29, 0.717) is 4.90 Å². The van der Waals surface area contributed by atoms with Gasteiger partial charge in [-0.1, -0.05) is 18.2 Å². The quantitative estimate of drug-likeness (QED) is 0.935. The summed E-state index contributed by atoms with van der Waals surface area (Å²) in [6, 6.07) is 8.83. The van der Waals surface area contributed by atoms with Crippen molar-refractivity contribution in [3.8, 4) is 0 Å². The Balaban J connectivity index is 2.29. The summed E-state index contributed by atoms with van der Waals surface area (Å²) in [7, 11) is -3.49. The van der Waals surface area contributed by atoms with Crippen LogP contribution in [0.1, 0.15) is 33.8 Å². The highest BCUT2D eigenvalue weighted by molar-refractivity contribution is 7.89. The molecule has 1 N–H and O–H groups in total. The lowest BCUT2D eigenvalue weighted by atomic mass is 10.1. The van der Waals surface area contributed by atoms with Crippen LogP contribution in [0.5, 0.6) is 0 Å². The maximum Gasteiger partial charge on any atom is 0.241 e. The number of rotatable bonds is 4. The molecule has 1 atom stereocenters. The molecule has 2 aromatic rings. The van der Waals surface area contributed by atoms with Crippen LogP contribution in [0.2, 0.25) is 0 Å². The van der Waals surface area contributed by atoms with E-state index in [4.69, 9.17) is 0 Å². The zero-order valence-electron chi connectivity index (χ0n) is 12.1. The molecule has 1 aromatic heterocycles. The molecule has 3 nitrogen and oxygen atoms in total. The van der Waals surface area contributed by atoms with Crippen molar-refractivity contribution < 1.29 is 8.42 Å². The van der Waals surface area contributed by atoms with E-state index in [1.807, 2.05) is 32.9 Å². The largest absolute Gasteiger partial charge is 0.241 e. The Morgan fingerprint density at radius 1 is 1.15 bits per heavy atom. The zero-order chi connectivity index (χ0) is 14.9. The third kappa shape index (κ3) is 3.11. The molecule has 0 aliphatic rings. The predicted octanol–water partition coefficient (Wildman–Crippen LogP) is 3.71. The Morgan fingerprint density at radius 2 is 1.80 bits per heavy atom. The molecule has 108 valence electrons. The molecule has 0 amide bonds. The second-order valence-electron chi connectivity index (χ2n) is 4.98. The fourth-order valence-electron chi connectivity index (χ4n) is 2.30. The number of sulfonamides is 1. The van der Waals surface area contributed by atoms with Gasteiger partial charge < -0.3 is 0 Å².